The van der Waals surface area contributed by atoms with Crippen LogP contribution < -0.4 is 5.73 Å². The van der Waals surface area contributed by atoms with Crippen LogP contribution in [-0.2, 0) is 0 Å². The van der Waals surface area contributed by atoms with Gasteiger partial charge in [-0.3, -0.25) is 0 Å². The van der Waals surface area contributed by atoms with E-state index in [0.29, 0.717) is 5.82 Å². The quantitative estimate of drug-likeness (QED) is 0.819. The Balaban J connectivity index is 2.69. The number of nitrogens with zero attached hydrogens (tertiary/aromatic N) is 2. The molecule has 4 heteroatoms. The lowest BCUT2D eigenvalue weighted by atomic mass is 10.1. The monoisotopic (exact) mass is 327 g/mol. The fraction of sp³-hybridized carbons (Fsp3) is 0.250. The van der Waals surface area contributed by atoms with Crippen LogP contribution >= 0.6 is 22.6 Å². The Labute approximate surface area is 109 Å². The van der Waals surface area contributed by atoms with Gasteiger partial charge in [0.2, 0.25) is 0 Å². The second-order valence-electron chi connectivity index (χ2n) is 4.04. The molecular weight excluding hydrogens is 313 g/mol. The van der Waals surface area contributed by atoms with E-state index in [4.69, 9.17) is 5.73 Å². The van der Waals surface area contributed by atoms with Crippen LogP contribution in [0.1, 0.15) is 16.7 Å². The maximum absolute atomic E-state index is 6.00. The van der Waals surface area contributed by atoms with Crippen LogP contribution in [-0.4, -0.2) is 9.78 Å². The van der Waals surface area contributed by atoms with E-state index in [9.17, 15) is 0 Å². The van der Waals surface area contributed by atoms with Crippen molar-refractivity contribution in [2.75, 3.05) is 5.73 Å². The summed E-state index contributed by atoms with van der Waals surface area (Å²) in [5, 5.41) is 4.32. The summed E-state index contributed by atoms with van der Waals surface area (Å²) in [5.41, 5.74) is 10.8. The summed E-state index contributed by atoms with van der Waals surface area (Å²) >= 11 is 2.19. The maximum Gasteiger partial charge on any atom is 0.140 e. The molecule has 0 fully saturated rings. The first kappa shape index (κ1) is 11.4. The summed E-state index contributed by atoms with van der Waals surface area (Å²) < 4.78 is 2.79. The lowest BCUT2D eigenvalue weighted by Gasteiger charge is -2.12. The third-order valence-electron chi connectivity index (χ3n) is 2.61. The van der Waals surface area contributed by atoms with Crippen molar-refractivity contribution >= 4 is 28.4 Å². The van der Waals surface area contributed by atoms with Crippen LogP contribution in [0.15, 0.2) is 18.3 Å². The molecule has 0 bridgehead atoms. The van der Waals surface area contributed by atoms with Crippen molar-refractivity contribution in [2.24, 2.45) is 0 Å². The van der Waals surface area contributed by atoms with Gasteiger partial charge < -0.3 is 5.73 Å². The average Bonchev–Trinajstić information content (AvgIpc) is 2.48. The van der Waals surface area contributed by atoms with E-state index in [2.05, 4.69) is 60.6 Å². The molecule has 0 aliphatic carbocycles. The topological polar surface area (TPSA) is 43.8 Å². The van der Waals surface area contributed by atoms with Crippen LogP contribution in [0.25, 0.3) is 5.69 Å². The van der Waals surface area contributed by atoms with Gasteiger partial charge in [-0.15, -0.1) is 0 Å². The average molecular weight is 327 g/mol. The molecule has 0 saturated heterocycles. The van der Waals surface area contributed by atoms with Crippen LogP contribution in [0.5, 0.6) is 0 Å². The van der Waals surface area contributed by atoms with E-state index in [1.165, 1.54) is 16.7 Å². The smallest absolute Gasteiger partial charge is 0.140 e. The number of halogens is 1. The highest BCUT2D eigenvalue weighted by molar-refractivity contribution is 14.1. The molecule has 0 atom stereocenters. The number of nitrogen functional groups attached to an aromatic ring is 1. The zero-order valence-electron chi connectivity index (χ0n) is 9.58. The van der Waals surface area contributed by atoms with Gasteiger partial charge in [0.05, 0.1) is 15.5 Å². The predicted octanol–water partition coefficient (Wildman–Crippen LogP) is 2.98. The molecular formula is C12H14IN3. The highest BCUT2D eigenvalue weighted by Crippen LogP contribution is 2.25. The van der Waals surface area contributed by atoms with E-state index >= 15 is 0 Å². The van der Waals surface area contributed by atoms with Gasteiger partial charge in [-0.1, -0.05) is 17.7 Å². The summed E-state index contributed by atoms with van der Waals surface area (Å²) in [4.78, 5) is 0. The predicted molar refractivity (Wildman–Crippen MR) is 74.9 cm³/mol. The first-order valence-corrected chi connectivity index (χ1v) is 6.16. The van der Waals surface area contributed by atoms with E-state index in [1.54, 1.807) is 6.20 Å². The van der Waals surface area contributed by atoms with Crippen molar-refractivity contribution in [3.63, 3.8) is 0 Å². The first-order valence-electron chi connectivity index (χ1n) is 5.08. The maximum atomic E-state index is 6.00. The van der Waals surface area contributed by atoms with Gasteiger partial charge in [-0.05, 0) is 54.5 Å². The van der Waals surface area contributed by atoms with Crippen LogP contribution in [0, 0.1) is 24.3 Å². The van der Waals surface area contributed by atoms with Gasteiger partial charge in [-0.25, -0.2) is 4.68 Å². The van der Waals surface area contributed by atoms with E-state index in [0.717, 1.165) is 9.26 Å². The minimum atomic E-state index is 0.704. The number of nitrogens with two attached hydrogens (primary N) is 1. The molecule has 16 heavy (non-hydrogen) atoms. The van der Waals surface area contributed by atoms with Crippen molar-refractivity contribution in [2.45, 2.75) is 20.8 Å². The van der Waals surface area contributed by atoms with Crippen molar-refractivity contribution in [3.8, 4) is 5.69 Å². The number of anilines is 1. The van der Waals surface area contributed by atoms with Gasteiger partial charge in [0, 0.05) is 0 Å². The SMILES string of the molecule is Cc1cc(C)c(-n2ncc(I)c2N)c(C)c1. The van der Waals surface area contributed by atoms with Gasteiger partial charge in [0.15, 0.2) is 0 Å². The molecule has 0 saturated carbocycles. The normalized spacial score (nSPS) is 10.8. The third-order valence-corrected chi connectivity index (χ3v) is 3.44. The Morgan fingerprint density at radius 3 is 2.19 bits per heavy atom. The number of rotatable bonds is 1. The first-order chi connectivity index (χ1) is 7.50. The second kappa shape index (κ2) is 4.08. The second-order valence-corrected chi connectivity index (χ2v) is 5.20. The molecule has 0 spiro atoms. The fourth-order valence-corrected chi connectivity index (χ4v) is 2.38. The standard InChI is InChI=1S/C12H14IN3/c1-7-4-8(2)11(9(3)5-7)16-12(14)10(13)6-15-16/h4-6H,14H2,1-3H3. The largest absolute Gasteiger partial charge is 0.383 e. The van der Waals surface area contributed by atoms with Gasteiger partial charge in [-0.2, -0.15) is 5.10 Å². The summed E-state index contributed by atoms with van der Waals surface area (Å²) in [7, 11) is 0. The Kier molecular flexibility index (Phi) is 2.92. The molecule has 2 N–H and O–H groups in total. The van der Waals surface area contributed by atoms with Crippen LogP contribution in [0.2, 0.25) is 0 Å². The molecule has 0 amide bonds. The molecule has 3 nitrogen and oxygen atoms in total. The number of hydrogen-bond acceptors (Lipinski definition) is 2. The van der Waals surface area contributed by atoms with E-state index < -0.39 is 0 Å². The van der Waals surface area contributed by atoms with Crippen LogP contribution in [0.4, 0.5) is 5.82 Å². The molecule has 1 heterocycles. The van der Waals surface area contributed by atoms with Crippen LogP contribution in [0.3, 0.4) is 0 Å². The molecule has 1 aromatic heterocycles. The third kappa shape index (κ3) is 1.81. The molecule has 0 radical (unpaired) electrons. The fourth-order valence-electron chi connectivity index (χ4n) is 2.02. The minimum absolute atomic E-state index is 0.704. The Bertz CT molecular complexity index is 520. The molecule has 1 aromatic carbocycles. The molecule has 0 unspecified atom stereocenters. The zero-order valence-corrected chi connectivity index (χ0v) is 11.7. The highest BCUT2D eigenvalue weighted by Gasteiger charge is 2.11. The lowest BCUT2D eigenvalue weighted by molar-refractivity contribution is 0.874. The van der Waals surface area contributed by atoms with Gasteiger partial charge in [0.1, 0.15) is 5.82 Å². The molecule has 2 aromatic rings. The van der Waals surface area contributed by atoms with Crippen molar-refractivity contribution < 1.29 is 0 Å². The van der Waals surface area contributed by atoms with Crippen molar-refractivity contribution in [1.29, 1.82) is 0 Å². The van der Waals surface area contributed by atoms with E-state index in [-0.39, 0.29) is 0 Å². The Morgan fingerprint density at radius 2 is 1.75 bits per heavy atom. The summed E-state index contributed by atoms with van der Waals surface area (Å²) in [5.74, 6) is 0.704. The number of hydrogen-bond donors (Lipinski definition) is 1. The number of benzene rings is 1. The lowest BCUT2D eigenvalue weighted by Crippen LogP contribution is -2.06. The molecule has 0 aliphatic rings. The molecule has 84 valence electrons. The molecule has 2 rings (SSSR count). The zero-order chi connectivity index (χ0) is 11.9. The highest BCUT2D eigenvalue weighted by atomic mass is 127. The summed E-state index contributed by atoms with van der Waals surface area (Å²) in [6.45, 7) is 6.27. The minimum Gasteiger partial charge on any atom is -0.383 e. The van der Waals surface area contributed by atoms with Gasteiger partial charge in [0.25, 0.3) is 0 Å². The number of aryl methyl sites for hydroxylation is 3. The Hall–Kier alpha value is -1.04. The summed E-state index contributed by atoms with van der Waals surface area (Å²) in [6.07, 6.45) is 1.79. The van der Waals surface area contributed by atoms with E-state index in [1.807, 2.05) is 4.68 Å². The summed E-state index contributed by atoms with van der Waals surface area (Å²) in [6, 6.07) is 4.30. The van der Waals surface area contributed by atoms with Crippen molar-refractivity contribution in [3.05, 3.63) is 38.6 Å². The molecule has 0 aliphatic heterocycles. The van der Waals surface area contributed by atoms with Gasteiger partial charge >= 0.3 is 0 Å². The van der Waals surface area contributed by atoms with Crippen molar-refractivity contribution in [1.82, 2.24) is 9.78 Å². The Morgan fingerprint density at radius 1 is 1.19 bits per heavy atom. The number of aromatic nitrogens is 2.